The summed E-state index contributed by atoms with van der Waals surface area (Å²) in [4.78, 5) is 28.0. The molecule has 0 bridgehead atoms. The highest BCUT2D eigenvalue weighted by Crippen LogP contribution is 2.25. The largest absolute Gasteiger partial charge is 0.469 e. The van der Waals surface area contributed by atoms with E-state index < -0.39 is 0 Å². The van der Waals surface area contributed by atoms with E-state index in [0.29, 0.717) is 0 Å². The highest BCUT2D eigenvalue weighted by atomic mass is 16.3. The molecule has 0 saturated carbocycles. The SMILES string of the molecule is CC(CCc1ccco1)N1CC(=O)N2CCCC2C1=O. The van der Waals surface area contributed by atoms with Gasteiger partial charge in [0.2, 0.25) is 11.8 Å². The second-order valence-electron chi connectivity index (χ2n) is 5.68. The Labute approximate surface area is 118 Å². The first-order valence-electron chi connectivity index (χ1n) is 7.29. The number of rotatable bonds is 4. The van der Waals surface area contributed by atoms with Crippen molar-refractivity contribution in [3.63, 3.8) is 0 Å². The van der Waals surface area contributed by atoms with E-state index in [1.807, 2.05) is 19.1 Å². The molecule has 3 heterocycles. The smallest absolute Gasteiger partial charge is 0.246 e. The summed E-state index contributed by atoms with van der Waals surface area (Å²) in [6.45, 7) is 2.98. The van der Waals surface area contributed by atoms with E-state index in [9.17, 15) is 9.59 Å². The van der Waals surface area contributed by atoms with Crippen molar-refractivity contribution in [1.82, 2.24) is 9.80 Å². The van der Waals surface area contributed by atoms with Gasteiger partial charge in [0.15, 0.2) is 0 Å². The van der Waals surface area contributed by atoms with Crippen LogP contribution in [-0.4, -0.2) is 46.8 Å². The predicted octanol–water partition coefficient (Wildman–Crippen LogP) is 1.43. The quantitative estimate of drug-likeness (QED) is 0.836. The van der Waals surface area contributed by atoms with Crippen molar-refractivity contribution < 1.29 is 14.0 Å². The summed E-state index contributed by atoms with van der Waals surface area (Å²) in [5, 5.41) is 0. The number of piperazine rings is 1. The van der Waals surface area contributed by atoms with Gasteiger partial charge in [0.05, 0.1) is 6.26 Å². The van der Waals surface area contributed by atoms with Crippen LogP contribution in [0.3, 0.4) is 0 Å². The Morgan fingerprint density at radius 3 is 3.05 bits per heavy atom. The van der Waals surface area contributed by atoms with Gasteiger partial charge in [0.1, 0.15) is 18.3 Å². The minimum Gasteiger partial charge on any atom is -0.469 e. The fraction of sp³-hybridized carbons (Fsp3) is 0.600. The number of amides is 2. The third-order valence-corrected chi connectivity index (χ3v) is 4.37. The van der Waals surface area contributed by atoms with Gasteiger partial charge in [-0.1, -0.05) is 0 Å². The highest BCUT2D eigenvalue weighted by molar-refractivity contribution is 5.95. The molecule has 2 unspecified atom stereocenters. The van der Waals surface area contributed by atoms with Crippen LogP contribution in [0.15, 0.2) is 22.8 Å². The van der Waals surface area contributed by atoms with Crippen LogP contribution in [0.4, 0.5) is 0 Å². The van der Waals surface area contributed by atoms with Gasteiger partial charge in [0.25, 0.3) is 0 Å². The van der Waals surface area contributed by atoms with E-state index in [4.69, 9.17) is 4.42 Å². The maximum Gasteiger partial charge on any atom is 0.246 e. The molecule has 0 aromatic carbocycles. The van der Waals surface area contributed by atoms with Crippen LogP contribution in [0.25, 0.3) is 0 Å². The first-order chi connectivity index (χ1) is 9.66. The summed E-state index contributed by atoms with van der Waals surface area (Å²) in [6, 6.07) is 3.67. The van der Waals surface area contributed by atoms with Gasteiger partial charge in [-0.15, -0.1) is 0 Å². The lowest BCUT2D eigenvalue weighted by molar-refractivity contribution is -0.155. The van der Waals surface area contributed by atoms with Gasteiger partial charge < -0.3 is 14.2 Å². The number of carbonyl (C=O) groups is 2. The van der Waals surface area contributed by atoms with Gasteiger partial charge >= 0.3 is 0 Å². The molecule has 2 fully saturated rings. The number of furan rings is 1. The molecule has 20 heavy (non-hydrogen) atoms. The van der Waals surface area contributed by atoms with E-state index in [2.05, 4.69) is 0 Å². The van der Waals surface area contributed by atoms with Crippen LogP contribution in [0.2, 0.25) is 0 Å². The molecular weight excluding hydrogens is 256 g/mol. The highest BCUT2D eigenvalue weighted by Gasteiger charge is 2.43. The van der Waals surface area contributed by atoms with E-state index >= 15 is 0 Å². The fourth-order valence-corrected chi connectivity index (χ4v) is 3.16. The Hall–Kier alpha value is -1.78. The predicted molar refractivity (Wildman–Crippen MR) is 72.9 cm³/mol. The zero-order valence-corrected chi connectivity index (χ0v) is 11.7. The molecule has 3 rings (SSSR count). The molecule has 0 spiro atoms. The van der Waals surface area contributed by atoms with Gasteiger partial charge in [0, 0.05) is 19.0 Å². The standard InChI is InChI=1S/C15H20N2O3/c1-11(6-7-12-4-3-9-20-12)17-10-14(18)16-8-2-5-13(16)15(17)19/h3-4,9,11,13H,2,5-8,10H2,1H3. The molecular formula is C15H20N2O3. The molecule has 2 saturated heterocycles. The van der Waals surface area contributed by atoms with Crippen molar-refractivity contribution >= 4 is 11.8 Å². The Morgan fingerprint density at radius 2 is 2.30 bits per heavy atom. The van der Waals surface area contributed by atoms with Crippen LogP contribution >= 0.6 is 0 Å². The summed E-state index contributed by atoms with van der Waals surface area (Å²) in [5.41, 5.74) is 0. The van der Waals surface area contributed by atoms with Crippen molar-refractivity contribution in [3.8, 4) is 0 Å². The van der Waals surface area contributed by atoms with Crippen molar-refractivity contribution in [2.75, 3.05) is 13.1 Å². The molecule has 5 heteroatoms. The number of fused-ring (bicyclic) bond motifs is 1. The molecule has 1 aromatic rings. The van der Waals surface area contributed by atoms with Crippen LogP contribution in [0.1, 0.15) is 31.9 Å². The van der Waals surface area contributed by atoms with Crippen LogP contribution in [0.5, 0.6) is 0 Å². The van der Waals surface area contributed by atoms with Crippen LogP contribution < -0.4 is 0 Å². The molecule has 5 nitrogen and oxygen atoms in total. The molecule has 2 atom stereocenters. The molecule has 0 N–H and O–H groups in total. The molecule has 1 aromatic heterocycles. The summed E-state index contributed by atoms with van der Waals surface area (Å²) in [6.07, 6.45) is 5.02. The number of hydrogen-bond acceptors (Lipinski definition) is 3. The molecule has 0 radical (unpaired) electrons. The number of carbonyl (C=O) groups excluding carboxylic acids is 2. The first kappa shape index (κ1) is 13.2. The van der Waals surface area contributed by atoms with Crippen LogP contribution in [-0.2, 0) is 16.0 Å². The van der Waals surface area contributed by atoms with E-state index in [0.717, 1.165) is 38.0 Å². The average molecular weight is 276 g/mol. The third-order valence-electron chi connectivity index (χ3n) is 4.37. The van der Waals surface area contributed by atoms with Crippen molar-refractivity contribution in [2.24, 2.45) is 0 Å². The average Bonchev–Trinajstić information content (AvgIpc) is 3.10. The Bertz CT molecular complexity index is 497. The number of aryl methyl sites for hydroxylation is 1. The summed E-state index contributed by atoms with van der Waals surface area (Å²) >= 11 is 0. The Balaban J connectivity index is 1.63. The van der Waals surface area contributed by atoms with Crippen molar-refractivity contribution in [3.05, 3.63) is 24.2 Å². The number of nitrogens with zero attached hydrogens (tertiary/aromatic N) is 2. The lowest BCUT2D eigenvalue weighted by atomic mass is 10.1. The summed E-state index contributed by atoms with van der Waals surface area (Å²) in [5.74, 6) is 1.14. The van der Waals surface area contributed by atoms with Gasteiger partial charge in [-0.2, -0.15) is 0 Å². The maximum atomic E-state index is 12.5. The minimum atomic E-state index is -0.206. The van der Waals surface area contributed by atoms with E-state index in [1.165, 1.54) is 0 Å². The van der Waals surface area contributed by atoms with E-state index in [1.54, 1.807) is 16.1 Å². The lowest BCUT2D eigenvalue weighted by Crippen LogP contribution is -2.59. The van der Waals surface area contributed by atoms with Crippen molar-refractivity contribution in [1.29, 1.82) is 0 Å². The number of hydrogen-bond donors (Lipinski definition) is 0. The third kappa shape index (κ3) is 2.32. The Morgan fingerprint density at radius 1 is 1.45 bits per heavy atom. The van der Waals surface area contributed by atoms with Gasteiger partial charge in [-0.05, 0) is 38.3 Å². The molecule has 108 valence electrons. The first-order valence-corrected chi connectivity index (χ1v) is 7.29. The zero-order chi connectivity index (χ0) is 14.1. The second-order valence-corrected chi connectivity index (χ2v) is 5.68. The van der Waals surface area contributed by atoms with Gasteiger partial charge in [-0.3, -0.25) is 9.59 Å². The van der Waals surface area contributed by atoms with Gasteiger partial charge in [-0.25, -0.2) is 0 Å². The molecule has 2 amide bonds. The topological polar surface area (TPSA) is 53.8 Å². The molecule has 2 aliphatic heterocycles. The summed E-state index contributed by atoms with van der Waals surface area (Å²) in [7, 11) is 0. The zero-order valence-electron chi connectivity index (χ0n) is 11.7. The molecule has 0 aliphatic carbocycles. The normalized spacial score (nSPS) is 24.1. The Kier molecular flexibility index (Phi) is 3.51. The maximum absolute atomic E-state index is 12.5. The monoisotopic (exact) mass is 276 g/mol. The van der Waals surface area contributed by atoms with Crippen LogP contribution in [0, 0.1) is 0 Å². The fourth-order valence-electron chi connectivity index (χ4n) is 3.16. The lowest BCUT2D eigenvalue weighted by Gasteiger charge is -2.39. The van der Waals surface area contributed by atoms with Crippen molar-refractivity contribution in [2.45, 2.75) is 44.7 Å². The second kappa shape index (κ2) is 5.31. The van der Waals surface area contributed by atoms with E-state index in [-0.39, 0.29) is 30.4 Å². The minimum absolute atomic E-state index is 0.0688. The summed E-state index contributed by atoms with van der Waals surface area (Å²) < 4.78 is 5.31. The molecule has 2 aliphatic rings.